The van der Waals surface area contributed by atoms with Gasteiger partial charge in [0.2, 0.25) is 0 Å². The highest BCUT2D eigenvalue weighted by Gasteiger charge is 2.21. The topological polar surface area (TPSA) is 84.2 Å². The number of aromatic nitrogens is 2. The van der Waals surface area contributed by atoms with Crippen molar-refractivity contribution in [2.45, 2.75) is 6.92 Å². The van der Waals surface area contributed by atoms with Gasteiger partial charge in [0.25, 0.3) is 5.91 Å². The number of hydrogen-bond donors (Lipinski definition) is 2. The first-order chi connectivity index (χ1) is 9.40. The van der Waals surface area contributed by atoms with Crippen molar-refractivity contribution in [2.24, 2.45) is 7.05 Å². The first-order valence-corrected chi connectivity index (χ1v) is 6.52. The molecule has 1 aromatic heterocycles. The third-order valence-corrected chi connectivity index (χ3v) is 3.31. The quantitative estimate of drug-likeness (QED) is 0.900. The number of benzene rings is 1. The molecule has 2 N–H and O–H groups in total. The molecule has 0 fully saturated rings. The number of rotatable bonds is 3. The summed E-state index contributed by atoms with van der Waals surface area (Å²) >= 11 is 3.34. The molecule has 0 atom stereocenters. The largest absolute Gasteiger partial charge is 0.478 e. The smallest absolute Gasteiger partial charge is 0.339 e. The van der Waals surface area contributed by atoms with Crippen LogP contribution in [0.25, 0.3) is 0 Å². The summed E-state index contributed by atoms with van der Waals surface area (Å²) in [6.45, 7) is 1.85. The van der Waals surface area contributed by atoms with Crippen LogP contribution in [-0.2, 0) is 7.05 Å². The minimum atomic E-state index is -1.18. The second-order valence-corrected chi connectivity index (χ2v) is 5.16. The van der Waals surface area contributed by atoms with Crippen molar-refractivity contribution < 1.29 is 14.7 Å². The molecule has 0 aliphatic carbocycles. The van der Waals surface area contributed by atoms with E-state index in [1.165, 1.54) is 11.7 Å². The van der Waals surface area contributed by atoms with Crippen molar-refractivity contribution in [3.63, 3.8) is 0 Å². The van der Waals surface area contributed by atoms with E-state index in [2.05, 4.69) is 26.3 Å². The summed E-state index contributed by atoms with van der Waals surface area (Å²) in [5.74, 6) is -1.69. The van der Waals surface area contributed by atoms with E-state index < -0.39 is 11.9 Å². The van der Waals surface area contributed by atoms with E-state index in [1.807, 2.05) is 13.0 Å². The number of amides is 1. The Morgan fingerprint density at radius 2 is 2.10 bits per heavy atom. The maximum Gasteiger partial charge on any atom is 0.339 e. The summed E-state index contributed by atoms with van der Waals surface area (Å²) in [7, 11) is 1.52. The number of carbonyl (C=O) groups is 2. The van der Waals surface area contributed by atoms with Crippen LogP contribution >= 0.6 is 15.9 Å². The van der Waals surface area contributed by atoms with E-state index in [4.69, 9.17) is 5.11 Å². The number of halogens is 1. The Bertz CT molecular complexity index is 694. The number of aryl methyl sites for hydroxylation is 2. The molecule has 1 amide bonds. The predicted octanol–water partition coefficient (Wildman–Crippen LogP) is 2.44. The Kier molecular flexibility index (Phi) is 3.89. The second-order valence-electron chi connectivity index (χ2n) is 4.25. The average Bonchev–Trinajstić information content (AvgIpc) is 2.75. The number of nitrogens with zero attached hydrogens (tertiary/aromatic N) is 2. The van der Waals surface area contributed by atoms with Gasteiger partial charge in [0, 0.05) is 17.2 Å². The maximum absolute atomic E-state index is 12.2. The molecular formula is C13H12BrN3O3. The van der Waals surface area contributed by atoms with E-state index in [9.17, 15) is 9.59 Å². The van der Waals surface area contributed by atoms with Crippen LogP contribution in [0.3, 0.4) is 0 Å². The molecule has 0 spiro atoms. The molecule has 6 nitrogen and oxygen atoms in total. The number of aromatic carboxylic acids is 1. The Balaban J connectivity index is 2.33. The van der Waals surface area contributed by atoms with Gasteiger partial charge in [0.1, 0.15) is 11.3 Å². The predicted molar refractivity (Wildman–Crippen MR) is 77.0 cm³/mol. The number of carbonyl (C=O) groups excluding carboxylic acids is 1. The lowest BCUT2D eigenvalue weighted by molar-refractivity contribution is 0.0692. The Hall–Kier alpha value is -2.15. The van der Waals surface area contributed by atoms with E-state index in [1.54, 1.807) is 12.1 Å². The molecule has 7 heteroatoms. The van der Waals surface area contributed by atoms with Gasteiger partial charge in [-0.25, -0.2) is 4.79 Å². The van der Waals surface area contributed by atoms with Gasteiger partial charge < -0.3 is 10.4 Å². The Labute approximate surface area is 123 Å². The minimum absolute atomic E-state index is 0.0137. The SMILES string of the molecule is Cc1cc(Br)ccc1NC(=O)c1c(C(=O)O)cnn1C. The fraction of sp³-hybridized carbons (Fsp3) is 0.154. The third-order valence-electron chi connectivity index (χ3n) is 2.82. The number of carboxylic acid groups (broad SMARTS) is 1. The summed E-state index contributed by atoms with van der Waals surface area (Å²) in [5.41, 5.74) is 1.38. The molecule has 2 aromatic rings. The molecule has 0 aliphatic rings. The van der Waals surface area contributed by atoms with Crippen LogP contribution in [-0.4, -0.2) is 26.8 Å². The summed E-state index contributed by atoms with van der Waals surface area (Å²) in [5, 5.41) is 15.5. The minimum Gasteiger partial charge on any atom is -0.478 e. The van der Waals surface area contributed by atoms with Crippen LogP contribution < -0.4 is 5.32 Å². The lowest BCUT2D eigenvalue weighted by atomic mass is 10.2. The van der Waals surface area contributed by atoms with Gasteiger partial charge in [-0.1, -0.05) is 15.9 Å². The molecule has 0 radical (unpaired) electrons. The molecule has 0 unspecified atom stereocenters. The van der Waals surface area contributed by atoms with Crippen LogP contribution in [0.15, 0.2) is 28.9 Å². The third kappa shape index (κ3) is 2.72. The number of carboxylic acids is 1. The zero-order valence-electron chi connectivity index (χ0n) is 10.8. The van der Waals surface area contributed by atoms with Gasteiger partial charge in [-0.05, 0) is 30.7 Å². The molecule has 0 saturated heterocycles. The van der Waals surface area contributed by atoms with Crippen molar-refractivity contribution in [3.8, 4) is 0 Å². The van der Waals surface area contributed by atoms with E-state index in [0.29, 0.717) is 5.69 Å². The number of hydrogen-bond acceptors (Lipinski definition) is 3. The summed E-state index contributed by atoms with van der Waals surface area (Å²) in [6.07, 6.45) is 1.16. The van der Waals surface area contributed by atoms with Crippen LogP contribution in [0.2, 0.25) is 0 Å². The van der Waals surface area contributed by atoms with Crippen molar-refractivity contribution in [1.82, 2.24) is 9.78 Å². The van der Waals surface area contributed by atoms with E-state index in [-0.39, 0.29) is 11.3 Å². The lowest BCUT2D eigenvalue weighted by Gasteiger charge is -2.09. The van der Waals surface area contributed by atoms with Gasteiger partial charge in [-0.15, -0.1) is 0 Å². The molecule has 104 valence electrons. The van der Waals surface area contributed by atoms with Gasteiger partial charge in [-0.3, -0.25) is 9.48 Å². The number of anilines is 1. The lowest BCUT2D eigenvalue weighted by Crippen LogP contribution is -2.19. The molecule has 0 aliphatic heterocycles. The van der Waals surface area contributed by atoms with Crippen LogP contribution in [0.4, 0.5) is 5.69 Å². The van der Waals surface area contributed by atoms with Crippen molar-refractivity contribution >= 4 is 33.5 Å². The van der Waals surface area contributed by atoms with E-state index >= 15 is 0 Å². The summed E-state index contributed by atoms with van der Waals surface area (Å²) < 4.78 is 2.15. The molecular weight excluding hydrogens is 326 g/mol. The van der Waals surface area contributed by atoms with Gasteiger partial charge in [0.15, 0.2) is 0 Å². The Morgan fingerprint density at radius 3 is 2.70 bits per heavy atom. The average molecular weight is 338 g/mol. The van der Waals surface area contributed by atoms with Crippen LogP contribution in [0.5, 0.6) is 0 Å². The van der Waals surface area contributed by atoms with Crippen LogP contribution in [0, 0.1) is 6.92 Å². The molecule has 1 aromatic carbocycles. The molecule has 0 saturated carbocycles. The van der Waals surface area contributed by atoms with Crippen molar-refractivity contribution in [1.29, 1.82) is 0 Å². The Morgan fingerprint density at radius 1 is 1.40 bits per heavy atom. The maximum atomic E-state index is 12.2. The summed E-state index contributed by atoms with van der Waals surface area (Å²) in [6, 6.07) is 5.40. The molecule has 2 rings (SSSR count). The summed E-state index contributed by atoms with van der Waals surface area (Å²) in [4.78, 5) is 23.3. The van der Waals surface area contributed by atoms with Crippen LogP contribution in [0.1, 0.15) is 26.4 Å². The highest BCUT2D eigenvalue weighted by atomic mass is 79.9. The monoisotopic (exact) mass is 337 g/mol. The standard InChI is InChI=1S/C13H12BrN3O3/c1-7-5-8(14)3-4-10(7)16-12(18)11-9(13(19)20)6-15-17(11)2/h3-6H,1-2H3,(H,16,18)(H,19,20). The second kappa shape index (κ2) is 5.46. The normalized spacial score (nSPS) is 10.3. The first-order valence-electron chi connectivity index (χ1n) is 5.73. The first kappa shape index (κ1) is 14.3. The molecule has 20 heavy (non-hydrogen) atoms. The highest BCUT2D eigenvalue weighted by molar-refractivity contribution is 9.10. The number of nitrogens with one attached hydrogen (secondary N) is 1. The van der Waals surface area contributed by atoms with Gasteiger partial charge >= 0.3 is 5.97 Å². The van der Waals surface area contributed by atoms with Gasteiger partial charge in [-0.2, -0.15) is 5.10 Å². The molecule has 1 heterocycles. The van der Waals surface area contributed by atoms with Crippen molar-refractivity contribution in [3.05, 3.63) is 45.7 Å². The van der Waals surface area contributed by atoms with E-state index in [0.717, 1.165) is 16.2 Å². The zero-order chi connectivity index (χ0) is 14.9. The van der Waals surface area contributed by atoms with Gasteiger partial charge in [0.05, 0.1) is 6.20 Å². The molecule has 0 bridgehead atoms. The van der Waals surface area contributed by atoms with Crippen molar-refractivity contribution in [2.75, 3.05) is 5.32 Å². The fourth-order valence-corrected chi connectivity index (χ4v) is 2.29. The fourth-order valence-electron chi connectivity index (χ4n) is 1.81. The highest BCUT2D eigenvalue weighted by Crippen LogP contribution is 2.21. The zero-order valence-corrected chi connectivity index (χ0v) is 12.4.